The number of nitrogens with zero attached hydrogens (tertiary/aromatic N) is 5. The standard InChI is InChI=1S/C17H25N8O9P/c1-23-6-25(13-10(23)14(28)22-17(19)21-13)15-12(27)11(26)9(34-15)4-33-35(31,32)24-3-7(20-5-24)2-8(18)16(29)30/h3,5,8-9,11-12,15,26-27H,2,4,6,18H2,1H3,(H,29,30)(H,31,32)(H3,19,21,22,28)/t8-,9+,11+,12+,15+/m0/s1. The van der Waals surface area contributed by atoms with Gasteiger partial charge in [0.15, 0.2) is 12.0 Å². The van der Waals surface area contributed by atoms with E-state index in [0.717, 1.165) is 16.9 Å². The molecule has 0 aromatic carbocycles. The fraction of sp³-hybridized carbons (Fsp3) is 0.529. The van der Waals surface area contributed by atoms with Crippen LogP contribution in [0, 0.1) is 0 Å². The molecular formula is C17H25N8O9P. The Morgan fingerprint density at radius 3 is 2.83 bits per heavy atom. The number of hydrogen-bond acceptors (Lipinski definition) is 13. The van der Waals surface area contributed by atoms with E-state index in [0.29, 0.717) is 0 Å². The van der Waals surface area contributed by atoms with Gasteiger partial charge in [-0.1, -0.05) is 0 Å². The highest BCUT2D eigenvalue weighted by Crippen LogP contribution is 2.44. The summed E-state index contributed by atoms with van der Waals surface area (Å²) < 4.78 is 24.2. The molecule has 0 aliphatic carbocycles. The van der Waals surface area contributed by atoms with E-state index in [-0.39, 0.29) is 36.2 Å². The Labute approximate surface area is 197 Å². The first-order valence-corrected chi connectivity index (χ1v) is 11.8. The molecule has 9 N–H and O–H groups in total. The van der Waals surface area contributed by atoms with Crippen LogP contribution in [0.4, 0.5) is 17.5 Å². The second-order valence-electron chi connectivity index (χ2n) is 8.16. The molecule has 2 aromatic heterocycles. The molecule has 2 aromatic rings. The smallest absolute Gasteiger partial charge is 0.437 e. The van der Waals surface area contributed by atoms with Crippen LogP contribution in [0.1, 0.15) is 5.69 Å². The van der Waals surface area contributed by atoms with Crippen LogP contribution in [0.3, 0.4) is 0 Å². The number of aromatic amines is 1. The van der Waals surface area contributed by atoms with Crippen LogP contribution >= 0.6 is 7.75 Å². The Balaban J connectivity index is 1.44. The molecule has 0 spiro atoms. The van der Waals surface area contributed by atoms with Crippen molar-refractivity contribution in [1.82, 2.24) is 19.3 Å². The van der Waals surface area contributed by atoms with Crippen molar-refractivity contribution >= 4 is 31.2 Å². The summed E-state index contributed by atoms with van der Waals surface area (Å²) in [6.07, 6.45) is -3.41. The highest BCUT2D eigenvalue weighted by Gasteiger charge is 2.49. The predicted octanol–water partition coefficient (Wildman–Crippen LogP) is -3.17. The van der Waals surface area contributed by atoms with Gasteiger partial charge >= 0.3 is 13.7 Å². The van der Waals surface area contributed by atoms with Gasteiger partial charge in [0.25, 0.3) is 5.56 Å². The summed E-state index contributed by atoms with van der Waals surface area (Å²) in [5, 5.41) is 29.9. The third-order valence-corrected chi connectivity index (χ3v) is 6.91. The Bertz CT molecular complexity index is 1220. The zero-order valence-electron chi connectivity index (χ0n) is 18.3. The summed E-state index contributed by atoms with van der Waals surface area (Å²) in [6.45, 7) is -0.502. The summed E-state index contributed by atoms with van der Waals surface area (Å²) >= 11 is 0. The molecule has 192 valence electrons. The van der Waals surface area contributed by atoms with Gasteiger partial charge in [0.05, 0.1) is 19.0 Å². The number of nitrogens with one attached hydrogen (secondary N) is 1. The highest BCUT2D eigenvalue weighted by atomic mass is 31.2. The Morgan fingerprint density at radius 1 is 1.43 bits per heavy atom. The van der Waals surface area contributed by atoms with Crippen molar-refractivity contribution in [2.24, 2.45) is 5.73 Å². The van der Waals surface area contributed by atoms with Crippen molar-refractivity contribution in [2.75, 3.05) is 35.9 Å². The van der Waals surface area contributed by atoms with Crippen molar-refractivity contribution in [2.45, 2.75) is 37.0 Å². The van der Waals surface area contributed by atoms with E-state index in [2.05, 4.69) is 15.0 Å². The van der Waals surface area contributed by atoms with Gasteiger partial charge in [-0.15, -0.1) is 0 Å². The largest absolute Gasteiger partial charge is 0.480 e. The van der Waals surface area contributed by atoms with Gasteiger partial charge in [0, 0.05) is 19.7 Å². The Hall–Kier alpha value is -3.05. The lowest BCUT2D eigenvalue weighted by atomic mass is 10.1. The SMILES string of the molecule is CN1CN([C@@H]2O[C@H](COP(=O)(O)n3cnc(C[C@H](N)C(=O)O)c3)[C@@H](O)[C@H]2O)c2nc(N)[nH]c(=O)c21. The summed E-state index contributed by atoms with van der Waals surface area (Å²) in [6, 6.07) is -1.24. The number of anilines is 3. The fourth-order valence-corrected chi connectivity index (χ4v) is 4.79. The Kier molecular flexibility index (Phi) is 6.58. The maximum absolute atomic E-state index is 12.6. The minimum Gasteiger partial charge on any atom is -0.480 e. The van der Waals surface area contributed by atoms with Gasteiger partial charge in [-0.25, -0.2) is 13.9 Å². The molecule has 2 aliphatic rings. The number of ether oxygens (including phenoxy) is 1. The average molecular weight is 516 g/mol. The van der Waals surface area contributed by atoms with E-state index in [1.165, 1.54) is 4.90 Å². The molecule has 0 amide bonds. The molecule has 4 heterocycles. The molecular weight excluding hydrogens is 491 g/mol. The molecule has 35 heavy (non-hydrogen) atoms. The van der Waals surface area contributed by atoms with Crippen molar-refractivity contribution in [3.63, 3.8) is 0 Å². The molecule has 1 unspecified atom stereocenters. The lowest BCUT2D eigenvalue weighted by molar-refractivity contribution is -0.138. The van der Waals surface area contributed by atoms with Gasteiger partial charge in [0.2, 0.25) is 5.95 Å². The molecule has 17 nitrogen and oxygen atoms in total. The zero-order valence-corrected chi connectivity index (χ0v) is 19.2. The normalized spacial score (nSPS) is 26.5. The number of nitrogen functional groups attached to an aromatic ring is 1. The summed E-state index contributed by atoms with van der Waals surface area (Å²) in [5.41, 5.74) is 10.9. The number of carbonyl (C=O) groups is 1. The highest BCUT2D eigenvalue weighted by molar-refractivity contribution is 7.51. The minimum atomic E-state index is -4.51. The van der Waals surface area contributed by atoms with Crippen molar-refractivity contribution in [1.29, 1.82) is 0 Å². The molecule has 1 fully saturated rings. The number of aromatic nitrogens is 4. The molecule has 0 saturated carbocycles. The number of hydrogen-bond donors (Lipinski definition) is 7. The summed E-state index contributed by atoms with van der Waals surface area (Å²) in [7, 11) is -2.89. The average Bonchev–Trinajstić information content (AvgIpc) is 3.45. The number of rotatable bonds is 8. The molecule has 0 bridgehead atoms. The minimum absolute atomic E-state index is 0.0890. The van der Waals surface area contributed by atoms with Gasteiger partial charge in [-0.3, -0.25) is 19.1 Å². The van der Waals surface area contributed by atoms with Crippen LogP contribution in [0.15, 0.2) is 17.3 Å². The van der Waals surface area contributed by atoms with Crippen LogP contribution in [-0.4, -0.2) is 96.4 Å². The lowest BCUT2D eigenvalue weighted by Gasteiger charge is -2.27. The number of H-pyrrole nitrogens is 1. The molecule has 1 saturated heterocycles. The maximum atomic E-state index is 12.6. The van der Waals surface area contributed by atoms with Crippen LogP contribution in [0.25, 0.3) is 0 Å². The number of aliphatic carboxylic acids is 1. The number of fused-ring (bicyclic) bond motifs is 1. The van der Waals surface area contributed by atoms with E-state index in [1.807, 2.05) is 0 Å². The van der Waals surface area contributed by atoms with Crippen LogP contribution in [0.2, 0.25) is 0 Å². The number of nitrogens with two attached hydrogens (primary N) is 2. The van der Waals surface area contributed by atoms with Crippen molar-refractivity contribution in [3.8, 4) is 0 Å². The molecule has 0 radical (unpaired) electrons. The zero-order chi connectivity index (χ0) is 25.7. The first kappa shape index (κ1) is 25.1. The fourth-order valence-electron chi connectivity index (χ4n) is 3.85. The molecule has 2 aliphatic heterocycles. The second kappa shape index (κ2) is 9.19. The third-order valence-electron chi connectivity index (χ3n) is 5.63. The van der Waals surface area contributed by atoms with Gasteiger partial charge in [0.1, 0.15) is 36.4 Å². The number of carboxylic acid groups (broad SMARTS) is 1. The maximum Gasteiger partial charge on any atom is 0.437 e. The van der Waals surface area contributed by atoms with Crippen molar-refractivity contribution < 1.29 is 38.8 Å². The van der Waals surface area contributed by atoms with Gasteiger partial charge in [-0.2, -0.15) is 4.98 Å². The molecule has 4 rings (SSSR count). The van der Waals surface area contributed by atoms with E-state index >= 15 is 0 Å². The van der Waals surface area contributed by atoms with Crippen molar-refractivity contribution in [3.05, 3.63) is 28.6 Å². The predicted molar refractivity (Wildman–Crippen MR) is 118 cm³/mol. The topological polar surface area (TPSA) is 256 Å². The van der Waals surface area contributed by atoms with Crippen LogP contribution < -0.4 is 26.8 Å². The number of aliphatic hydroxyl groups excluding tert-OH is 2. The summed E-state index contributed by atoms with van der Waals surface area (Å²) in [4.78, 5) is 46.7. The quantitative estimate of drug-likeness (QED) is 0.171. The van der Waals surface area contributed by atoms with E-state index in [9.17, 15) is 29.3 Å². The summed E-state index contributed by atoms with van der Waals surface area (Å²) in [5.74, 6) is -1.25. The second-order valence-corrected chi connectivity index (χ2v) is 9.86. The number of aliphatic hydroxyl groups is 2. The van der Waals surface area contributed by atoms with E-state index in [4.69, 9.17) is 25.8 Å². The third kappa shape index (κ3) is 4.74. The molecule has 6 atom stereocenters. The first-order valence-electron chi connectivity index (χ1n) is 10.3. The van der Waals surface area contributed by atoms with Gasteiger partial charge < -0.3 is 46.2 Å². The number of carboxylic acids is 1. The first-order chi connectivity index (χ1) is 16.4. The van der Waals surface area contributed by atoms with E-state index in [1.54, 1.807) is 11.9 Å². The monoisotopic (exact) mass is 516 g/mol. The number of imidazole rings is 1. The van der Waals surface area contributed by atoms with Gasteiger partial charge in [-0.05, 0) is 0 Å². The Morgan fingerprint density at radius 2 is 2.14 bits per heavy atom. The lowest BCUT2D eigenvalue weighted by Crippen LogP contribution is -2.45. The van der Waals surface area contributed by atoms with Crippen LogP contribution in [-0.2, 0) is 25.0 Å². The van der Waals surface area contributed by atoms with Crippen LogP contribution in [0.5, 0.6) is 0 Å². The molecule has 18 heteroatoms. The van der Waals surface area contributed by atoms with E-state index < -0.39 is 56.5 Å².